The molecule has 3 rings (SSSR count). The second kappa shape index (κ2) is 8.29. The smallest absolute Gasteiger partial charge is 0.262 e. The van der Waals surface area contributed by atoms with Gasteiger partial charge in [-0.1, -0.05) is 12.1 Å². The summed E-state index contributed by atoms with van der Waals surface area (Å²) in [5, 5.41) is 5.27. The van der Waals surface area contributed by atoms with Crippen molar-refractivity contribution in [3.8, 4) is 5.75 Å². The Kier molecular flexibility index (Phi) is 6.59. The molecule has 0 aromatic heterocycles. The Morgan fingerprint density at radius 3 is 2.92 bits per heavy atom. The van der Waals surface area contributed by atoms with Gasteiger partial charge < -0.3 is 14.8 Å². The first-order valence-corrected chi connectivity index (χ1v) is 8.16. The lowest BCUT2D eigenvalue weighted by Gasteiger charge is -2.17. The minimum absolute atomic E-state index is 0. The molecule has 5 nitrogen and oxygen atoms in total. The maximum atomic E-state index is 13.2. The van der Waals surface area contributed by atoms with Crippen LogP contribution in [0.25, 0.3) is 0 Å². The number of nitrogens with one attached hydrogen (secondary N) is 2. The number of hydrogen-bond acceptors (Lipinski definition) is 4. The summed E-state index contributed by atoms with van der Waals surface area (Å²) in [4.78, 5) is 12.1. The van der Waals surface area contributed by atoms with Crippen molar-refractivity contribution < 1.29 is 23.0 Å². The molecule has 2 aliphatic heterocycles. The number of halogens is 3. The van der Waals surface area contributed by atoms with Crippen molar-refractivity contribution in [2.24, 2.45) is 0 Å². The molecule has 1 amide bonds. The van der Waals surface area contributed by atoms with Gasteiger partial charge in [0.25, 0.3) is 5.92 Å². The van der Waals surface area contributed by atoms with Gasteiger partial charge >= 0.3 is 0 Å². The first kappa shape index (κ1) is 19.9. The molecular weight excluding hydrogens is 354 g/mol. The van der Waals surface area contributed by atoms with Crippen LogP contribution in [-0.2, 0) is 16.1 Å². The maximum Gasteiger partial charge on any atom is 0.262 e. The van der Waals surface area contributed by atoms with Gasteiger partial charge in [-0.15, -0.1) is 12.4 Å². The van der Waals surface area contributed by atoms with E-state index in [4.69, 9.17) is 9.47 Å². The lowest BCUT2D eigenvalue weighted by molar-refractivity contribution is -0.123. The van der Waals surface area contributed by atoms with E-state index in [-0.39, 0.29) is 25.1 Å². The number of ether oxygens (including phenoxy) is 2. The topological polar surface area (TPSA) is 59.6 Å². The normalized spacial score (nSPS) is 24.6. The summed E-state index contributed by atoms with van der Waals surface area (Å²) in [6.07, 6.45) is 0.382. The van der Waals surface area contributed by atoms with E-state index < -0.39 is 30.8 Å². The molecular formula is C17H23ClF2N2O3. The lowest BCUT2D eigenvalue weighted by atomic mass is 10.1. The molecule has 8 heteroatoms. The van der Waals surface area contributed by atoms with Crippen molar-refractivity contribution in [3.63, 3.8) is 0 Å². The minimum atomic E-state index is -2.82. The molecule has 0 bridgehead atoms. The van der Waals surface area contributed by atoms with E-state index in [0.29, 0.717) is 19.0 Å². The van der Waals surface area contributed by atoms with Crippen molar-refractivity contribution in [1.29, 1.82) is 0 Å². The highest BCUT2D eigenvalue weighted by Gasteiger charge is 2.42. The second-order valence-electron chi connectivity index (χ2n) is 6.43. The zero-order valence-electron chi connectivity index (χ0n) is 14.0. The van der Waals surface area contributed by atoms with Crippen molar-refractivity contribution in [3.05, 3.63) is 29.3 Å². The highest BCUT2D eigenvalue weighted by atomic mass is 35.5. The lowest BCUT2D eigenvalue weighted by Crippen LogP contribution is -2.40. The average molecular weight is 377 g/mol. The maximum absolute atomic E-state index is 13.2. The van der Waals surface area contributed by atoms with Crippen molar-refractivity contribution >= 4 is 18.3 Å². The quantitative estimate of drug-likeness (QED) is 0.827. The molecule has 2 heterocycles. The number of carbonyl (C=O) groups excluding carboxylic acids is 1. The van der Waals surface area contributed by atoms with Gasteiger partial charge in [0.2, 0.25) is 5.91 Å². The van der Waals surface area contributed by atoms with Crippen molar-refractivity contribution in [2.75, 3.05) is 19.8 Å². The highest BCUT2D eigenvalue weighted by Crippen LogP contribution is 2.26. The fraction of sp³-hybridized carbons (Fsp3) is 0.588. The summed E-state index contributed by atoms with van der Waals surface area (Å²) < 4.78 is 37.6. The van der Waals surface area contributed by atoms with Crippen molar-refractivity contribution in [2.45, 2.75) is 44.4 Å². The van der Waals surface area contributed by atoms with Gasteiger partial charge in [0.15, 0.2) is 0 Å². The average Bonchev–Trinajstić information content (AvgIpc) is 3.15. The van der Waals surface area contributed by atoms with Crippen LogP contribution < -0.4 is 15.4 Å². The Morgan fingerprint density at radius 1 is 1.48 bits per heavy atom. The number of carbonyl (C=O) groups is 1. The molecule has 2 atom stereocenters. The van der Waals surface area contributed by atoms with Crippen LogP contribution in [0.15, 0.2) is 18.2 Å². The van der Waals surface area contributed by atoms with Gasteiger partial charge in [-0.2, -0.15) is 0 Å². The summed E-state index contributed by atoms with van der Waals surface area (Å²) in [5.41, 5.74) is 1.88. The Bertz CT molecular complexity index is 610. The van der Waals surface area contributed by atoms with Crippen LogP contribution in [0.5, 0.6) is 5.75 Å². The number of aryl methyl sites for hydroxylation is 1. The van der Waals surface area contributed by atoms with Crippen LogP contribution in [0.3, 0.4) is 0 Å². The van der Waals surface area contributed by atoms with Crippen LogP contribution in [0, 0.1) is 6.92 Å². The molecule has 1 aromatic carbocycles. The van der Waals surface area contributed by atoms with Crippen LogP contribution >= 0.6 is 12.4 Å². The van der Waals surface area contributed by atoms with Crippen LogP contribution in [0.2, 0.25) is 0 Å². The molecule has 25 heavy (non-hydrogen) atoms. The number of rotatable bonds is 5. The van der Waals surface area contributed by atoms with E-state index in [1.807, 2.05) is 25.1 Å². The summed E-state index contributed by atoms with van der Waals surface area (Å²) in [6, 6.07) is 4.89. The first-order chi connectivity index (χ1) is 11.4. The molecule has 2 N–H and O–H groups in total. The Labute approximate surface area is 151 Å². The third-order valence-corrected chi connectivity index (χ3v) is 4.28. The van der Waals surface area contributed by atoms with Crippen LogP contribution in [0.1, 0.15) is 24.0 Å². The Hall–Kier alpha value is -1.44. The molecule has 0 radical (unpaired) electrons. The molecule has 0 spiro atoms. The van der Waals surface area contributed by atoms with Gasteiger partial charge in [-0.25, -0.2) is 8.78 Å². The standard InChI is InChI=1S/C17H22F2N2O3.ClH/c1-11-2-3-12(15(6-11)24-13-4-5-23-9-13)8-20-16(22)14-7-17(18,19)10-21-14;/h2-3,6,13-14,21H,4-5,7-10H2,1H3,(H,20,22);1H. The van der Waals surface area contributed by atoms with Gasteiger partial charge in [0, 0.05) is 24.9 Å². The molecule has 140 valence electrons. The minimum Gasteiger partial charge on any atom is -0.488 e. The molecule has 2 fully saturated rings. The zero-order chi connectivity index (χ0) is 17.2. The van der Waals surface area contributed by atoms with E-state index in [9.17, 15) is 13.6 Å². The summed E-state index contributed by atoms with van der Waals surface area (Å²) in [6.45, 7) is 2.99. The van der Waals surface area contributed by atoms with E-state index in [2.05, 4.69) is 10.6 Å². The van der Waals surface area contributed by atoms with Gasteiger partial charge in [-0.05, 0) is 18.6 Å². The molecule has 2 aliphatic rings. The van der Waals surface area contributed by atoms with E-state index in [1.165, 1.54) is 0 Å². The van der Waals surface area contributed by atoms with Crippen LogP contribution in [-0.4, -0.2) is 43.7 Å². The zero-order valence-corrected chi connectivity index (χ0v) is 14.8. The summed E-state index contributed by atoms with van der Waals surface area (Å²) in [5.74, 6) is -2.53. The van der Waals surface area contributed by atoms with Crippen molar-refractivity contribution in [1.82, 2.24) is 10.6 Å². The SMILES string of the molecule is Cc1ccc(CNC(=O)C2CC(F)(F)CN2)c(OC2CCOC2)c1.Cl. The number of alkyl halides is 2. The number of amides is 1. The predicted octanol–water partition coefficient (Wildman–Crippen LogP) is 2.20. The van der Waals surface area contributed by atoms with E-state index in [1.54, 1.807) is 0 Å². The molecule has 1 aromatic rings. The predicted molar refractivity (Wildman–Crippen MR) is 91.5 cm³/mol. The van der Waals surface area contributed by atoms with Gasteiger partial charge in [-0.3, -0.25) is 10.1 Å². The monoisotopic (exact) mass is 376 g/mol. The fourth-order valence-corrected chi connectivity index (χ4v) is 2.91. The van der Waals surface area contributed by atoms with E-state index in [0.717, 1.165) is 17.5 Å². The summed E-state index contributed by atoms with van der Waals surface area (Å²) >= 11 is 0. The fourth-order valence-electron chi connectivity index (χ4n) is 2.91. The first-order valence-electron chi connectivity index (χ1n) is 8.16. The van der Waals surface area contributed by atoms with E-state index >= 15 is 0 Å². The summed E-state index contributed by atoms with van der Waals surface area (Å²) in [7, 11) is 0. The molecule has 0 saturated carbocycles. The highest BCUT2D eigenvalue weighted by molar-refractivity contribution is 5.85. The number of hydrogen-bond donors (Lipinski definition) is 2. The number of benzene rings is 1. The largest absolute Gasteiger partial charge is 0.488 e. The Morgan fingerprint density at radius 2 is 2.28 bits per heavy atom. The van der Waals surface area contributed by atoms with Crippen LogP contribution in [0.4, 0.5) is 8.78 Å². The Balaban J connectivity index is 0.00000225. The van der Waals surface area contributed by atoms with Gasteiger partial charge in [0.1, 0.15) is 11.9 Å². The van der Waals surface area contributed by atoms with Gasteiger partial charge in [0.05, 0.1) is 25.8 Å². The molecule has 2 saturated heterocycles. The molecule has 0 aliphatic carbocycles. The third kappa shape index (κ3) is 5.26. The second-order valence-corrected chi connectivity index (χ2v) is 6.43. The molecule has 2 unspecified atom stereocenters. The third-order valence-electron chi connectivity index (χ3n) is 4.28.